The molecule has 1 aliphatic carbocycles. The zero-order valence-electron chi connectivity index (χ0n) is 10.2. The molecule has 0 aliphatic heterocycles. The highest BCUT2D eigenvalue weighted by Gasteiger charge is 2.29. The van der Waals surface area contributed by atoms with Crippen LogP contribution in [0, 0.1) is 11.8 Å². The molecule has 0 spiro atoms. The average molecular weight is 284 g/mol. The van der Waals surface area contributed by atoms with Crippen molar-refractivity contribution < 1.29 is 0 Å². The molecule has 96 valence electrons. The van der Waals surface area contributed by atoms with E-state index in [-0.39, 0.29) is 0 Å². The first-order valence-corrected chi connectivity index (χ1v) is 7.17. The number of pyridine rings is 1. The summed E-state index contributed by atoms with van der Waals surface area (Å²) in [7, 11) is 0. The molecule has 0 saturated heterocycles. The summed E-state index contributed by atoms with van der Waals surface area (Å²) in [6, 6.07) is 1.85. The fraction of sp³-hybridized carbons (Fsp3) is 0.538. The maximum atomic E-state index is 5.98. The SMILES string of the molecule is CC(Cn1c(CCl)nc2cc(Cl)cnc21)C1CC1. The predicted octanol–water partition coefficient (Wildman–Crippen LogP) is 3.87. The van der Waals surface area contributed by atoms with Gasteiger partial charge < -0.3 is 4.57 Å². The van der Waals surface area contributed by atoms with Crippen molar-refractivity contribution in [3.63, 3.8) is 0 Å². The van der Waals surface area contributed by atoms with Gasteiger partial charge in [-0.05, 0) is 30.7 Å². The summed E-state index contributed by atoms with van der Waals surface area (Å²) >= 11 is 11.9. The zero-order chi connectivity index (χ0) is 12.7. The average Bonchev–Trinajstić information content (AvgIpc) is 3.14. The number of imidazole rings is 1. The van der Waals surface area contributed by atoms with E-state index in [1.54, 1.807) is 6.20 Å². The fourth-order valence-electron chi connectivity index (χ4n) is 2.43. The Balaban J connectivity index is 2.01. The van der Waals surface area contributed by atoms with E-state index >= 15 is 0 Å². The number of halogens is 2. The molecule has 1 unspecified atom stereocenters. The van der Waals surface area contributed by atoms with Crippen LogP contribution in [0.5, 0.6) is 0 Å². The Bertz CT molecular complexity index is 575. The van der Waals surface area contributed by atoms with Crippen molar-refractivity contribution in [3.8, 4) is 0 Å². The van der Waals surface area contributed by atoms with Gasteiger partial charge in [-0.15, -0.1) is 11.6 Å². The van der Waals surface area contributed by atoms with Crippen molar-refractivity contribution >= 4 is 34.4 Å². The van der Waals surface area contributed by atoms with Crippen LogP contribution in [0.2, 0.25) is 5.02 Å². The predicted molar refractivity (Wildman–Crippen MR) is 74.0 cm³/mol. The number of hydrogen-bond donors (Lipinski definition) is 0. The van der Waals surface area contributed by atoms with E-state index in [2.05, 4.69) is 21.5 Å². The highest BCUT2D eigenvalue weighted by atomic mass is 35.5. The summed E-state index contributed by atoms with van der Waals surface area (Å²) in [5.41, 5.74) is 1.73. The maximum Gasteiger partial charge on any atom is 0.160 e. The molecule has 0 aromatic carbocycles. The van der Waals surface area contributed by atoms with Crippen molar-refractivity contribution in [1.82, 2.24) is 14.5 Å². The van der Waals surface area contributed by atoms with Gasteiger partial charge in [0.05, 0.1) is 10.9 Å². The normalized spacial score (nSPS) is 17.3. The van der Waals surface area contributed by atoms with Gasteiger partial charge in [-0.1, -0.05) is 18.5 Å². The lowest BCUT2D eigenvalue weighted by Crippen LogP contribution is -2.12. The van der Waals surface area contributed by atoms with E-state index in [0.717, 1.165) is 29.5 Å². The second-order valence-electron chi connectivity index (χ2n) is 5.08. The molecular weight excluding hydrogens is 269 g/mol. The minimum Gasteiger partial charge on any atom is -0.311 e. The Labute approximate surface area is 116 Å². The van der Waals surface area contributed by atoms with Crippen molar-refractivity contribution in [2.24, 2.45) is 11.8 Å². The summed E-state index contributed by atoms with van der Waals surface area (Å²) in [5, 5.41) is 0.614. The second-order valence-corrected chi connectivity index (χ2v) is 5.79. The fourth-order valence-corrected chi connectivity index (χ4v) is 2.79. The highest BCUT2D eigenvalue weighted by molar-refractivity contribution is 6.31. The summed E-state index contributed by atoms with van der Waals surface area (Å²) in [4.78, 5) is 8.90. The van der Waals surface area contributed by atoms with Crippen LogP contribution < -0.4 is 0 Å². The molecule has 1 atom stereocenters. The van der Waals surface area contributed by atoms with E-state index in [0.29, 0.717) is 16.8 Å². The number of rotatable bonds is 4. The topological polar surface area (TPSA) is 30.7 Å². The first-order valence-electron chi connectivity index (χ1n) is 6.25. The Kier molecular flexibility index (Phi) is 3.20. The third kappa shape index (κ3) is 2.21. The van der Waals surface area contributed by atoms with Crippen LogP contribution in [0.15, 0.2) is 12.3 Å². The Morgan fingerprint density at radius 1 is 1.50 bits per heavy atom. The monoisotopic (exact) mass is 283 g/mol. The minimum atomic E-state index is 0.408. The lowest BCUT2D eigenvalue weighted by molar-refractivity contribution is 0.429. The molecule has 18 heavy (non-hydrogen) atoms. The van der Waals surface area contributed by atoms with Crippen LogP contribution >= 0.6 is 23.2 Å². The Hall–Kier alpha value is -0.800. The van der Waals surface area contributed by atoms with E-state index in [4.69, 9.17) is 23.2 Å². The first-order chi connectivity index (χ1) is 8.69. The van der Waals surface area contributed by atoms with Crippen LogP contribution in [-0.4, -0.2) is 14.5 Å². The van der Waals surface area contributed by atoms with Crippen molar-refractivity contribution in [2.75, 3.05) is 0 Å². The zero-order valence-corrected chi connectivity index (χ0v) is 11.7. The quantitative estimate of drug-likeness (QED) is 0.798. The van der Waals surface area contributed by atoms with Gasteiger partial charge in [0.1, 0.15) is 11.3 Å². The van der Waals surface area contributed by atoms with E-state index in [1.165, 1.54) is 12.8 Å². The number of alkyl halides is 1. The van der Waals surface area contributed by atoms with Gasteiger partial charge in [0, 0.05) is 12.7 Å². The molecule has 0 radical (unpaired) electrons. The van der Waals surface area contributed by atoms with Crippen LogP contribution in [0.4, 0.5) is 0 Å². The van der Waals surface area contributed by atoms with Crippen LogP contribution in [0.3, 0.4) is 0 Å². The molecular formula is C13H15Cl2N3. The molecule has 0 N–H and O–H groups in total. The van der Waals surface area contributed by atoms with Gasteiger partial charge in [-0.2, -0.15) is 0 Å². The van der Waals surface area contributed by atoms with Gasteiger partial charge in [0.2, 0.25) is 0 Å². The van der Waals surface area contributed by atoms with Gasteiger partial charge >= 0.3 is 0 Å². The minimum absolute atomic E-state index is 0.408. The first kappa shape index (κ1) is 12.2. The molecule has 0 amide bonds. The standard InChI is InChI=1S/C13H15Cl2N3/c1-8(9-2-3-9)7-18-12(5-14)17-11-4-10(15)6-16-13(11)18/h4,6,8-9H,2-3,5,7H2,1H3. The van der Waals surface area contributed by atoms with E-state index in [9.17, 15) is 0 Å². The molecule has 1 fully saturated rings. The molecule has 2 aromatic heterocycles. The Morgan fingerprint density at radius 3 is 2.94 bits per heavy atom. The van der Waals surface area contributed by atoms with Crippen molar-refractivity contribution in [2.45, 2.75) is 32.2 Å². The molecule has 3 nitrogen and oxygen atoms in total. The molecule has 2 aromatic rings. The van der Waals surface area contributed by atoms with Crippen LogP contribution in [-0.2, 0) is 12.4 Å². The molecule has 0 bridgehead atoms. The van der Waals surface area contributed by atoms with Gasteiger partial charge in [-0.25, -0.2) is 9.97 Å². The largest absolute Gasteiger partial charge is 0.311 e. The van der Waals surface area contributed by atoms with E-state index in [1.807, 2.05) is 6.07 Å². The lowest BCUT2D eigenvalue weighted by atomic mass is 10.1. The molecule has 2 heterocycles. The number of aromatic nitrogens is 3. The van der Waals surface area contributed by atoms with E-state index < -0.39 is 0 Å². The van der Waals surface area contributed by atoms with Gasteiger partial charge in [-0.3, -0.25) is 0 Å². The molecule has 1 saturated carbocycles. The Morgan fingerprint density at radius 2 is 2.28 bits per heavy atom. The maximum absolute atomic E-state index is 5.98. The third-order valence-corrected chi connectivity index (χ3v) is 4.09. The van der Waals surface area contributed by atoms with Crippen LogP contribution in [0.1, 0.15) is 25.6 Å². The lowest BCUT2D eigenvalue weighted by Gasteiger charge is -2.13. The summed E-state index contributed by atoms with van der Waals surface area (Å²) < 4.78 is 2.14. The van der Waals surface area contributed by atoms with Gasteiger partial charge in [0.25, 0.3) is 0 Å². The second kappa shape index (κ2) is 4.71. The van der Waals surface area contributed by atoms with Crippen LogP contribution in [0.25, 0.3) is 11.2 Å². The summed E-state index contributed by atoms with van der Waals surface area (Å²) in [6.45, 7) is 3.23. The highest BCUT2D eigenvalue weighted by Crippen LogP contribution is 2.37. The van der Waals surface area contributed by atoms with Crippen molar-refractivity contribution in [3.05, 3.63) is 23.1 Å². The van der Waals surface area contributed by atoms with Crippen molar-refractivity contribution in [1.29, 1.82) is 0 Å². The van der Waals surface area contributed by atoms with Gasteiger partial charge in [0.15, 0.2) is 5.65 Å². The smallest absolute Gasteiger partial charge is 0.160 e. The number of nitrogens with zero attached hydrogens (tertiary/aromatic N) is 3. The number of hydrogen-bond acceptors (Lipinski definition) is 2. The summed E-state index contributed by atoms with van der Waals surface area (Å²) in [5.74, 6) is 2.81. The number of fused-ring (bicyclic) bond motifs is 1. The summed E-state index contributed by atoms with van der Waals surface area (Å²) in [6.07, 6.45) is 4.37. The molecule has 3 rings (SSSR count). The third-order valence-electron chi connectivity index (χ3n) is 3.65. The molecule has 5 heteroatoms. The molecule has 1 aliphatic rings.